The summed E-state index contributed by atoms with van der Waals surface area (Å²) >= 11 is 1.40. The number of nitrogens with one attached hydrogen (secondary N) is 1. The molecule has 0 spiro atoms. The van der Waals surface area contributed by atoms with Gasteiger partial charge in [0.05, 0.1) is 10.6 Å². The topological polar surface area (TPSA) is 107 Å². The number of thiophene rings is 1. The van der Waals surface area contributed by atoms with Crippen molar-refractivity contribution in [2.45, 2.75) is 32.6 Å². The number of hydrogen-bond donors (Lipinski definition) is 2. The van der Waals surface area contributed by atoms with Crippen LogP contribution >= 0.6 is 11.3 Å². The zero-order valence-corrected chi connectivity index (χ0v) is 16.4. The van der Waals surface area contributed by atoms with Gasteiger partial charge in [0.1, 0.15) is 16.4 Å². The zero-order valence-electron chi connectivity index (χ0n) is 15.6. The van der Waals surface area contributed by atoms with Crippen molar-refractivity contribution < 1.29 is 14.3 Å². The van der Waals surface area contributed by atoms with Crippen molar-refractivity contribution >= 4 is 39.1 Å². The summed E-state index contributed by atoms with van der Waals surface area (Å²) in [7, 11) is 0. The zero-order chi connectivity index (χ0) is 19.8. The van der Waals surface area contributed by atoms with Crippen molar-refractivity contribution in [1.82, 2.24) is 9.97 Å². The quantitative estimate of drug-likeness (QED) is 0.665. The maximum atomic E-state index is 12.8. The van der Waals surface area contributed by atoms with E-state index in [1.165, 1.54) is 11.3 Å². The molecule has 1 aliphatic rings. The first-order chi connectivity index (χ1) is 13.4. The number of benzene rings is 1. The van der Waals surface area contributed by atoms with Gasteiger partial charge < -0.3 is 15.8 Å². The number of amides is 2. The molecule has 2 heterocycles. The van der Waals surface area contributed by atoms with Gasteiger partial charge in [0, 0.05) is 17.0 Å². The number of nitrogens with zero attached hydrogens (tertiary/aromatic N) is 2. The van der Waals surface area contributed by atoms with Crippen LogP contribution in [0, 0.1) is 13.8 Å². The summed E-state index contributed by atoms with van der Waals surface area (Å²) in [5.74, 6) is 1.15. The molecule has 1 fully saturated rings. The fourth-order valence-electron chi connectivity index (χ4n) is 3.08. The lowest BCUT2D eigenvalue weighted by atomic mass is 10.1. The predicted octanol–water partition coefficient (Wildman–Crippen LogP) is 3.30. The second-order valence-corrected chi connectivity index (χ2v) is 7.91. The number of ether oxygens (including phenoxy) is 1. The highest BCUT2D eigenvalue weighted by Crippen LogP contribution is 2.40. The van der Waals surface area contributed by atoms with E-state index in [0.717, 1.165) is 40.1 Å². The van der Waals surface area contributed by atoms with Crippen molar-refractivity contribution in [3.63, 3.8) is 0 Å². The summed E-state index contributed by atoms with van der Waals surface area (Å²) in [5.41, 5.74) is 7.52. The van der Waals surface area contributed by atoms with Crippen LogP contribution in [0.5, 0.6) is 5.75 Å². The first kappa shape index (κ1) is 18.4. The second kappa shape index (κ2) is 7.20. The van der Waals surface area contributed by atoms with Gasteiger partial charge >= 0.3 is 0 Å². The SMILES string of the molecule is Cc1nc(C2CC2)nc2sc(C(=O)Nc3ccc(OCC(N)=O)cc3)c(C)c12. The van der Waals surface area contributed by atoms with E-state index in [0.29, 0.717) is 22.2 Å². The van der Waals surface area contributed by atoms with E-state index in [1.54, 1.807) is 24.3 Å². The summed E-state index contributed by atoms with van der Waals surface area (Å²) in [6.07, 6.45) is 2.28. The molecule has 8 heteroatoms. The standard InChI is InChI=1S/C20H20N4O3S/c1-10-16-11(2)22-18(12-3-4-12)24-20(16)28-17(10)19(26)23-13-5-7-14(8-6-13)27-9-15(21)25/h5-8,12H,3-4,9H2,1-2H3,(H2,21,25)(H,23,26). The van der Waals surface area contributed by atoms with Gasteiger partial charge in [-0.25, -0.2) is 9.97 Å². The van der Waals surface area contributed by atoms with Gasteiger partial charge in [0.2, 0.25) is 0 Å². The molecular formula is C20H20N4O3S. The molecule has 0 atom stereocenters. The molecule has 0 unspecified atom stereocenters. The molecule has 3 aromatic rings. The van der Waals surface area contributed by atoms with Crippen LogP contribution in [-0.4, -0.2) is 28.4 Å². The maximum absolute atomic E-state index is 12.8. The number of hydrogen-bond acceptors (Lipinski definition) is 6. The molecule has 1 saturated carbocycles. The Balaban J connectivity index is 1.54. The highest BCUT2D eigenvalue weighted by molar-refractivity contribution is 7.20. The van der Waals surface area contributed by atoms with Crippen LogP contribution < -0.4 is 15.8 Å². The lowest BCUT2D eigenvalue weighted by Crippen LogP contribution is -2.20. The molecule has 3 N–H and O–H groups in total. The number of anilines is 1. The van der Waals surface area contributed by atoms with Crippen LogP contribution in [0.2, 0.25) is 0 Å². The van der Waals surface area contributed by atoms with E-state index in [1.807, 2.05) is 13.8 Å². The third-order valence-electron chi connectivity index (χ3n) is 4.63. The number of carbonyl (C=O) groups is 2. The van der Waals surface area contributed by atoms with Crippen molar-refractivity contribution in [3.8, 4) is 5.75 Å². The Morgan fingerprint density at radius 2 is 1.93 bits per heavy atom. The van der Waals surface area contributed by atoms with Gasteiger partial charge in [-0.3, -0.25) is 9.59 Å². The summed E-state index contributed by atoms with van der Waals surface area (Å²) in [6, 6.07) is 6.78. The van der Waals surface area contributed by atoms with E-state index in [9.17, 15) is 9.59 Å². The fraction of sp³-hybridized carbons (Fsp3) is 0.300. The molecule has 0 radical (unpaired) electrons. The van der Waals surface area contributed by atoms with Gasteiger partial charge in [-0.05, 0) is 56.5 Å². The molecule has 28 heavy (non-hydrogen) atoms. The average Bonchev–Trinajstić information content (AvgIpc) is 3.45. The highest BCUT2D eigenvalue weighted by Gasteiger charge is 2.28. The lowest BCUT2D eigenvalue weighted by Gasteiger charge is -2.07. The van der Waals surface area contributed by atoms with Crippen molar-refractivity contribution in [1.29, 1.82) is 0 Å². The maximum Gasteiger partial charge on any atom is 0.266 e. The number of aromatic nitrogens is 2. The molecule has 4 rings (SSSR count). The summed E-state index contributed by atoms with van der Waals surface area (Å²) < 4.78 is 5.22. The summed E-state index contributed by atoms with van der Waals surface area (Å²) in [6.45, 7) is 3.72. The number of carbonyl (C=O) groups excluding carboxylic acids is 2. The number of aryl methyl sites for hydroxylation is 2. The largest absolute Gasteiger partial charge is 0.484 e. The first-order valence-electron chi connectivity index (χ1n) is 9.02. The van der Waals surface area contributed by atoms with E-state index >= 15 is 0 Å². The Morgan fingerprint density at radius 3 is 2.57 bits per heavy atom. The predicted molar refractivity (Wildman–Crippen MR) is 108 cm³/mol. The van der Waals surface area contributed by atoms with Gasteiger partial charge in [0.15, 0.2) is 6.61 Å². The summed E-state index contributed by atoms with van der Waals surface area (Å²) in [4.78, 5) is 34.4. The van der Waals surface area contributed by atoms with E-state index in [-0.39, 0.29) is 12.5 Å². The highest BCUT2D eigenvalue weighted by atomic mass is 32.1. The van der Waals surface area contributed by atoms with Gasteiger partial charge in [-0.15, -0.1) is 11.3 Å². The normalized spacial score (nSPS) is 13.5. The van der Waals surface area contributed by atoms with Crippen molar-refractivity contribution in [2.24, 2.45) is 5.73 Å². The minimum absolute atomic E-state index is 0.182. The second-order valence-electron chi connectivity index (χ2n) is 6.91. The Kier molecular flexibility index (Phi) is 4.72. The van der Waals surface area contributed by atoms with Gasteiger partial charge in [-0.2, -0.15) is 0 Å². The lowest BCUT2D eigenvalue weighted by molar-refractivity contribution is -0.119. The number of rotatable bonds is 6. The van der Waals surface area contributed by atoms with Crippen LogP contribution in [0.3, 0.4) is 0 Å². The average molecular weight is 396 g/mol. The van der Waals surface area contributed by atoms with Crippen LogP contribution in [-0.2, 0) is 4.79 Å². The minimum Gasteiger partial charge on any atom is -0.484 e. The fourth-order valence-corrected chi connectivity index (χ4v) is 4.21. The smallest absolute Gasteiger partial charge is 0.266 e. The number of fused-ring (bicyclic) bond motifs is 1. The first-order valence-corrected chi connectivity index (χ1v) is 9.84. The molecule has 0 aliphatic heterocycles. The van der Waals surface area contributed by atoms with Crippen molar-refractivity contribution in [3.05, 3.63) is 46.2 Å². The molecule has 0 bridgehead atoms. The minimum atomic E-state index is -0.541. The number of nitrogens with two attached hydrogens (primary N) is 1. The van der Waals surface area contributed by atoms with E-state index in [4.69, 9.17) is 10.5 Å². The summed E-state index contributed by atoms with van der Waals surface area (Å²) in [5, 5.41) is 3.86. The van der Waals surface area contributed by atoms with Crippen LogP contribution in [0.1, 0.15) is 45.5 Å². The molecule has 0 saturated heterocycles. The number of primary amides is 1. The van der Waals surface area contributed by atoms with Crippen LogP contribution in [0.4, 0.5) is 5.69 Å². The monoisotopic (exact) mass is 396 g/mol. The Labute approximate surface area is 165 Å². The molecule has 2 aromatic heterocycles. The Hall–Kier alpha value is -3.00. The molecule has 144 valence electrons. The molecule has 1 aliphatic carbocycles. The van der Waals surface area contributed by atoms with Crippen molar-refractivity contribution in [2.75, 3.05) is 11.9 Å². The van der Waals surface area contributed by atoms with Crippen LogP contribution in [0.15, 0.2) is 24.3 Å². The van der Waals surface area contributed by atoms with E-state index < -0.39 is 5.91 Å². The Bertz CT molecular complexity index is 1070. The van der Waals surface area contributed by atoms with Crippen LogP contribution in [0.25, 0.3) is 10.2 Å². The van der Waals surface area contributed by atoms with Gasteiger partial charge in [0.25, 0.3) is 11.8 Å². The third-order valence-corrected chi connectivity index (χ3v) is 5.81. The Morgan fingerprint density at radius 1 is 1.21 bits per heavy atom. The molecule has 1 aromatic carbocycles. The third kappa shape index (κ3) is 3.68. The van der Waals surface area contributed by atoms with Gasteiger partial charge in [-0.1, -0.05) is 0 Å². The molecular weight excluding hydrogens is 376 g/mol. The molecule has 7 nitrogen and oxygen atoms in total. The van der Waals surface area contributed by atoms with E-state index in [2.05, 4.69) is 15.3 Å². The molecule has 2 amide bonds.